The quantitative estimate of drug-likeness (QED) is 0.318. The Morgan fingerprint density at radius 1 is 1.14 bits per heavy atom. The third-order valence-electron chi connectivity index (χ3n) is 5.53. The molecule has 0 unspecified atom stereocenters. The summed E-state index contributed by atoms with van der Waals surface area (Å²) in [6.07, 6.45) is 3.38. The molecule has 3 rings (SSSR count). The number of nitrogens with zero attached hydrogens (tertiary/aromatic N) is 2. The summed E-state index contributed by atoms with van der Waals surface area (Å²) in [5, 5.41) is 5.60. The largest absolute Gasteiger partial charge is 0.552 e. The molecule has 0 saturated carbocycles. The molecule has 2 aromatic rings. The summed E-state index contributed by atoms with van der Waals surface area (Å²) in [4.78, 5) is 58.3. The molecule has 0 radical (unpaired) electrons. The lowest BCUT2D eigenvalue weighted by atomic mass is 9.74. The van der Waals surface area contributed by atoms with Gasteiger partial charge in [-0.05, 0) is 24.8 Å². The van der Waals surface area contributed by atoms with Gasteiger partial charge in [0.15, 0.2) is 6.10 Å². The van der Waals surface area contributed by atoms with Gasteiger partial charge < -0.3 is 24.7 Å². The van der Waals surface area contributed by atoms with Crippen molar-refractivity contribution in [1.82, 2.24) is 20.6 Å². The number of carbonyl (C=O) groups is 4. The van der Waals surface area contributed by atoms with E-state index in [1.807, 2.05) is 44.2 Å². The number of hydrogen-bond acceptors (Lipinski definition) is 9. The van der Waals surface area contributed by atoms with Gasteiger partial charge >= 0.3 is 19.1 Å². The molecule has 3 atom stereocenters. The van der Waals surface area contributed by atoms with Crippen LogP contribution < -0.4 is 10.6 Å². The highest BCUT2D eigenvalue weighted by molar-refractivity contribution is 6.51. The van der Waals surface area contributed by atoms with Crippen LogP contribution in [-0.2, 0) is 34.9 Å². The Morgan fingerprint density at radius 2 is 1.89 bits per heavy atom. The molecule has 0 bridgehead atoms. The molecule has 1 aromatic carbocycles. The number of nitrogens with one attached hydrogen (secondary N) is 2. The topological polar surface area (TPSA) is 146 Å². The molecule has 2 N–H and O–H groups in total. The number of rotatable bonds is 12. The predicted octanol–water partition coefficient (Wildman–Crippen LogP) is 1.27. The summed E-state index contributed by atoms with van der Waals surface area (Å²) in [6, 6.07) is 8.27. The number of aromatic nitrogens is 2. The zero-order valence-corrected chi connectivity index (χ0v) is 21.1. The molecule has 1 fully saturated rings. The van der Waals surface area contributed by atoms with Gasteiger partial charge in [-0.3, -0.25) is 24.2 Å². The first-order valence-electron chi connectivity index (χ1n) is 12.2. The molecule has 2 amide bonds. The van der Waals surface area contributed by atoms with Gasteiger partial charge in [-0.25, -0.2) is 4.98 Å². The van der Waals surface area contributed by atoms with Crippen LogP contribution in [0.3, 0.4) is 0 Å². The van der Waals surface area contributed by atoms with E-state index < -0.39 is 49.0 Å². The highest BCUT2D eigenvalue weighted by atomic mass is 16.7. The minimum absolute atomic E-state index is 0.0713. The molecule has 0 aliphatic carbocycles. The van der Waals surface area contributed by atoms with Gasteiger partial charge in [0.25, 0.3) is 5.91 Å². The number of amides is 2. The first kappa shape index (κ1) is 27.8. The Kier molecular flexibility index (Phi) is 10.1. The lowest BCUT2D eigenvalue weighted by Crippen LogP contribution is -2.55. The summed E-state index contributed by atoms with van der Waals surface area (Å²) in [6.45, 7) is 5.74. The number of esters is 1. The van der Waals surface area contributed by atoms with Gasteiger partial charge in [-0.1, -0.05) is 44.2 Å². The molecule has 1 saturated heterocycles. The van der Waals surface area contributed by atoms with Crippen molar-refractivity contribution in [2.75, 3.05) is 6.61 Å². The predicted molar refractivity (Wildman–Crippen MR) is 133 cm³/mol. The molecule has 196 valence electrons. The van der Waals surface area contributed by atoms with Crippen LogP contribution in [0.1, 0.15) is 49.7 Å². The molecule has 1 aliphatic heterocycles. The van der Waals surface area contributed by atoms with E-state index in [1.165, 1.54) is 18.6 Å². The summed E-state index contributed by atoms with van der Waals surface area (Å²) in [5.74, 6) is -2.92. The van der Waals surface area contributed by atoms with E-state index in [9.17, 15) is 19.2 Å². The van der Waals surface area contributed by atoms with Crippen molar-refractivity contribution in [1.29, 1.82) is 0 Å². The molecule has 1 aliphatic rings. The Bertz CT molecular complexity index is 1070. The molecule has 2 heterocycles. The van der Waals surface area contributed by atoms with E-state index in [4.69, 9.17) is 14.0 Å². The van der Waals surface area contributed by atoms with Crippen LogP contribution in [0, 0.1) is 5.92 Å². The molecule has 12 heteroatoms. The Balaban J connectivity index is 1.75. The second-order valence-electron chi connectivity index (χ2n) is 8.99. The summed E-state index contributed by atoms with van der Waals surface area (Å²) in [5.41, 5.74) is 0.905. The average Bonchev–Trinajstić information content (AvgIpc) is 3.24. The van der Waals surface area contributed by atoms with Crippen LogP contribution in [0.5, 0.6) is 0 Å². The SMILES string of the molecule is CCOC(=O)C[C@@H]1OB([C@H](CC(C)C)NC(=O)[C@H](Cc2ccccc2)NC(=O)c2cnccn2)OC1=O. The van der Waals surface area contributed by atoms with Gasteiger partial charge in [-0.2, -0.15) is 0 Å². The standard InChI is InChI=1S/C25H31BN4O7/c1-4-35-22(31)14-20-25(34)37-26(36-20)21(12-16(2)3)30-23(32)18(13-17-8-6-5-7-9-17)29-24(33)19-15-27-10-11-28-19/h5-11,15-16,18,20-21H,4,12-14H2,1-3H3,(H,29,33)(H,30,32)/t18-,20-,21-/m0/s1. The number of ether oxygens (including phenoxy) is 1. The van der Waals surface area contributed by atoms with Crippen LogP contribution in [0.25, 0.3) is 0 Å². The maximum atomic E-state index is 13.5. The first-order chi connectivity index (χ1) is 17.8. The summed E-state index contributed by atoms with van der Waals surface area (Å²) < 4.78 is 16.0. The van der Waals surface area contributed by atoms with Crippen molar-refractivity contribution < 1.29 is 33.2 Å². The van der Waals surface area contributed by atoms with E-state index >= 15 is 0 Å². The van der Waals surface area contributed by atoms with Gasteiger partial charge in [0, 0.05) is 18.8 Å². The van der Waals surface area contributed by atoms with Gasteiger partial charge in [0.1, 0.15) is 11.7 Å². The summed E-state index contributed by atoms with van der Waals surface area (Å²) in [7, 11) is -1.09. The van der Waals surface area contributed by atoms with Crippen molar-refractivity contribution in [2.45, 2.75) is 58.1 Å². The fourth-order valence-electron chi connectivity index (χ4n) is 3.85. The maximum Gasteiger partial charge on any atom is 0.552 e. The molecule has 0 spiro atoms. The number of carbonyl (C=O) groups excluding carboxylic acids is 4. The van der Waals surface area contributed by atoms with E-state index in [1.54, 1.807) is 6.92 Å². The first-order valence-corrected chi connectivity index (χ1v) is 12.2. The summed E-state index contributed by atoms with van der Waals surface area (Å²) >= 11 is 0. The van der Waals surface area contributed by atoms with Gasteiger partial charge in [0.05, 0.1) is 25.2 Å². The molecule has 37 heavy (non-hydrogen) atoms. The zero-order chi connectivity index (χ0) is 26.8. The van der Waals surface area contributed by atoms with Crippen LogP contribution in [-0.4, -0.2) is 65.5 Å². The lowest BCUT2D eigenvalue weighted by Gasteiger charge is -2.25. The Labute approximate surface area is 215 Å². The number of hydrogen-bond donors (Lipinski definition) is 2. The third kappa shape index (κ3) is 8.38. The molecular weight excluding hydrogens is 479 g/mol. The number of benzene rings is 1. The second kappa shape index (κ2) is 13.5. The normalized spacial score (nSPS) is 16.6. The van der Waals surface area contributed by atoms with Gasteiger partial charge in [0.2, 0.25) is 5.91 Å². The lowest BCUT2D eigenvalue weighted by molar-refractivity contribution is -0.149. The molecule has 1 aromatic heterocycles. The van der Waals surface area contributed by atoms with Crippen LogP contribution in [0.2, 0.25) is 0 Å². The Hall–Kier alpha value is -3.80. The van der Waals surface area contributed by atoms with Crippen LogP contribution in [0.4, 0.5) is 0 Å². The molecular formula is C25H31BN4O7. The van der Waals surface area contributed by atoms with Crippen molar-refractivity contribution >= 4 is 30.9 Å². The van der Waals surface area contributed by atoms with Crippen molar-refractivity contribution in [3.8, 4) is 0 Å². The van der Waals surface area contributed by atoms with E-state index in [-0.39, 0.29) is 31.1 Å². The zero-order valence-electron chi connectivity index (χ0n) is 21.1. The minimum atomic E-state index is -1.12. The van der Waals surface area contributed by atoms with Crippen LogP contribution >= 0.6 is 0 Å². The smallest absolute Gasteiger partial charge is 0.506 e. The highest BCUT2D eigenvalue weighted by Crippen LogP contribution is 2.20. The minimum Gasteiger partial charge on any atom is -0.506 e. The fourth-order valence-corrected chi connectivity index (χ4v) is 3.85. The van der Waals surface area contributed by atoms with E-state index in [0.717, 1.165) is 5.56 Å². The fraction of sp³-hybridized carbons (Fsp3) is 0.440. The van der Waals surface area contributed by atoms with E-state index in [2.05, 4.69) is 20.6 Å². The Morgan fingerprint density at radius 3 is 2.54 bits per heavy atom. The second-order valence-corrected chi connectivity index (χ2v) is 8.99. The van der Waals surface area contributed by atoms with E-state index in [0.29, 0.717) is 6.42 Å². The highest BCUT2D eigenvalue weighted by Gasteiger charge is 2.47. The van der Waals surface area contributed by atoms with Crippen molar-refractivity contribution in [3.05, 3.63) is 60.2 Å². The monoisotopic (exact) mass is 510 g/mol. The average molecular weight is 510 g/mol. The third-order valence-corrected chi connectivity index (χ3v) is 5.53. The van der Waals surface area contributed by atoms with Crippen LogP contribution in [0.15, 0.2) is 48.9 Å². The molecule has 11 nitrogen and oxygen atoms in total. The van der Waals surface area contributed by atoms with Crippen molar-refractivity contribution in [2.24, 2.45) is 5.92 Å². The maximum absolute atomic E-state index is 13.5. The van der Waals surface area contributed by atoms with Gasteiger partial charge in [-0.15, -0.1) is 0 Å². The van der Waals surface area contributed by atoms with Crippen molar-refractivity contribution in [3.63, 3.8) is 0 Å².